The first-order chi connectivity index (χ1) is 17.0. The highest BCUT2D eigenvalue weighted by molar-refractivity contribution is 6.33. The van der Waals surface area contributed by atoms with Crippen LogP contribution in [0, 0.1) is 5.82 Å². The first-order valence-electron chi connectivity index (χ1n) is 11.2. The van der Waals surface area contributed by atoms with E-state index in [0.29, 0.717) is 30.0 Å². The Morgan fingerprint density at radius 1 is 1.11 bits per heavy atom. The Morgan fingerprint density at radius 2 is 1.89 bits per heavy atom. The Balaban J connectivity index is 1.67. The second kappa shape index (κ2) is 9.52. The number of benzene rings is 3. The standard InChI is InChI=1S/C27H23ClFN3O3/c1-35-13-12-32-25(20-15-30-22-9-5-4-6-17(20)22)24(18-7-2-3-8-19(18)27(32)34)26(33)31-23-11-10-16(29)14-21(23)28/h2-11,14-15,24-25,30H,12-13H2,1H3,(H,31,33)/t24-,25-/m0/s1. The molecule has 1 aromatic heterocycles. The molecule has 178 valence electrons. The lowest BCUT2D eigenvalue weighted by molar-refractivity contribution is -0.119. The molecule has 0 unspecified atom stereocenters. The molecule has 0 saturated heterocycles. The lowest BCUT2D eigenvalue weighted by Crippen LogP contribution is -2.47. The SMILES string of the molecule is COCCN1C(=O)c2ccccc2[C@H](C(=O)Nc2ccc(F)cc2Cl)[C@@H]1c1c[nH]c2ccccc12. The van der Waals surface area contributed by atoms with Crippen LogP contribution in [0.25, 0.3) is 10.9 Å². The largest absolute Gasteiger partial charge is 0.383 e. The molecule has 0 spiro atoms. The van der Waals surface area contributed by atoms with E-state index < -0.39 is 17.8 Å². The van der Waals surface area contributed by atoms with Gasteiger partial charge in [-0.05, 0) is 35.9 Å². The lowest BCUT2D eigenvalue weighted by Gasteiger charge is -2.41. The van der Waals surface area contributed by atoms with Crippen LogP contribution in [0.15, 0.2) is 72.9 Å². The third-order valence-corrected chi connectivity index (χ3v) is 6.70. The van der Waals surface area contributed by atoms with Crippen molar-refractivity contribution in [1.29, 1.82) is 0 Å². The molecule has 4 aromatic rings. The van der Waals surface area contributed by atoms with E-state index in [1.54, 1.807) is 30.2 Å². The number of methoxy groups -OCH3 is 1. The zero-order valence-corrected chi connectivity index (χ0v) is 19.7. The molecule has 2 atom stereocenters. The molecule has 1 aliphatic heterocycles. The Labute approximate surface area is 206 Å². The van der Waals surface area contributed by atoms with Crippen LogP contribution in [0.5, 0.6) is 0 Å². The Bertz CT molecular complexity index is 1420. The molecule has 2 amide bonds. The van der Waals surface area contributed by atoms with Crippen LogP contribution in [-0.4, -0.2) is 42.0 Å². The van der Waals surface area contributed by atoms with Gasteiger partial charge in [-0.25, -0.2) is 4.39 Å². The molecule has 8 heteroatoms. The number of halogens is 2. The first kappa shape index (κ1) is 23.1. The molecule has 5 rings (SSSR count). The number of ether oxygens (including phenoxy) is 1. The van der Waals surface area contributed by atoms with Gasteiger partial charge in [0.15, 0.2) is 0 Å². The molecule has 6 nitrogen and oxygen atoms in total. The maximum atomic E-state index is 13.9. The molecule has 3 aromatic carbocycles. The average Bonchev–Trinajstić information content (AvgIpc) is 3.29. The number of fused-ring (bicyclic) bond motifs is 2. The highest BCUT2D eigenvalue weighted by Gasteiger charge is 2.44. The molecule has 0 bridgehead atoms. The number of carbonyl (C=O) groups excluding carboxylic acids is 2. The highest BCUT2D eigenvalue weighted by Crippen LogP contribution is 2.45. The van der Waals surface area contributed by atoms with Gasteiger partial charge in [0.25, 0.3) is 5.91 Å². The van der Waals surface area contributed by atoms with Crippen molar-refractivity contribution < 1.29 is 18.7 Å². The van der Waals surface area contributed by atoms with Crippen molar-refractivity contribution >= 4 is 40.0 Å². The highest BCUT2D eigenvalue weighted by atomic mass is 35.5. The maximum Gasteiger partial charge on any atom is 0.254 e. The summed E-state index contributed by atoms with van der Waals surface area (Å²) in [4.78, 5) is 32.5. The molecule has 0 saturated carbocycles. The van der Waals surface area contributed by atoms with Gasteiger partial charge < -0.3 is 19.9 Å². The average molecular weight is 492 g/mol. The van der Waals surface area contributed by atoms with E-state index in [1.165, 1.54) is 12.1 Å². The van der Waals surface area contributed by atoms with Crippen molar-refractivity contribution in [1.82, 2.24) is 9.88 Å². The van der Waals surface area contributed by atoms with Crippen LogP contribution in [-0.2, 0) is 9.53 Å². The van der Waals surface area contributed by atoms with Crippen molar-refractivity contribution in [2.45, 2.75) is 12.0 Å². The minimum atomic E-state index is -0.749. The fourth-order valence-corrected chi connectivity index (χ4v) is 5.01. The topological polar surface area (TPSA) is 74.4 Å². The van der Waals surface area contributed by atoms with E-state index in [1.807, 2.05) is 36.5 Å². The summed E-state index contributed by atoms with van der Waals surface area (Å²) in [5.41, 5.74) is 3.11. The molecule has 1 aliphatic rings. The molecular weight excluding hydrogens is 469 g/mol. The predicted octanol–water partition coefficient (Wildman–Crippen LogP) is 5.53. The van der Waals surface area contributed by atoms with Crippen LogP contribution in [0.3, 0.4) is 0 Å². The van der Waals surface area contributed by atoms with Crippen molar-refractivity contribution in [3.8, 4) is 0 Å². The first-order valence-corrected chi connectivity index (χ1v) is 11.6. The monoisotopic (exact) mass is 491 g/mol. The summed E-state index contributed by atoms with van der Waals surface area (Å²) in [6.07, 6.45) is 1.85. The fourth-order valence-electron chi connectivity index (χ4n) is 4.80. The van der Waals surface area contributed by atoms with Crippen LogP contribution in [0.4, 0.5) is 10.1 Å². The number of anilines is 1. The summed E-state index contributed by atoms with van der Waals surface area (Å²) in [7, 11) is 1.57. The third-order valence-electron chi connectivity index (χ3n) is 6.39. The van der Waals surface area contributed by atoms with Crippen LogP contribution in [0.2, 0.25) is 5.02 Å². The minimum absolute atomic E-state index is 0.0957. The number of aromatic amines is 1. The quantitative estimate of drug-likeness (QED) is 0.372. The van der Waals surface area contributed by atoms with Crippen molar-refractivity contribution in [2.75, 3.05) is 25.6 Å². The van der Waals surface area contributed by atoms with Crippen LogP contribution >= 0.6 is 11.6 Å². The van der Waals surface area contributed by atoms with Gasteiger partial charge in [0.2, 0.25) is 5.91 Å². The Hall–Kier alpha value is -3.68. The van der Waals surface area contributed by atoms with Gasteiger partial charge in [-0.2, -0.15) is 0 Å². The zero-order valence-electron chi connectivity index (χ0n) is 18.9. The van der Waals surface area contributed by atoms with Gasteiger partial charge in [-0.3, -0.25) is 9.59 Å². The van der Waals surface area contributed by atoms with Gasteiger partial charge in [-0.1, -0.05) is 48.0 Å². The molecule has 0 radical (unpaired) electrons. The number of nitrogens with zero attached hydrogens (tertiary/aromatic N) is 1. The van der Waals surface area contributed by atoms with Gasteiger partial charge in [0.05, 0.1) is 29.3 Å². The van der Waals surface area contributed by atoms with Crippen LogP contribution < -0.4 is 5.32 Å². The minimum Gasteiger partial charge on any atom is -0.383 e. The third kappa shape index (κ3) is 4.17. The normalized spacial score (nSPS) is 17.5. The van der Waals surface area contributed by atoms with Gasteiger partial charge in [0, 0.05) is 41.9 Å². The Kier molecular flexibility index (Phi) is 6.28. The molecule has 2 heterocycles. The molecule has 0 aliphatic carbocycles. The summed E-state index contributed by atoms with van der Waals surface area (Å²) in [6.45, 7) is 0.611. The van der Waals surface area contributed by atoms with E-state index in [-0.39, 0.29) is 16.8 Å². The van der Waals surface area contributed by atoms with Gasteiger partial charge in [-0.15, -0.1) is 0 Å². The number of carbonyl (C=O) groups is 2. The predicted molar refractivity (Wildman–Crippen MR) is 133 cm³/mol. The van der Waals surface area contributed by atoms with E-state index in [4.69, 9.17) is 16.3 Å². The summed E-state index contributed by atoms with van der Waals surface area (Å²) in [5.74, 6) is -1.77. The molecule has 35 heavy (non-hydrogen) atoms. The van der Waals surface area contributed by atoms with E-state index >= 15 is 0 Å². The summed E-state index contributed by atoms with van der Waals surface area (Å²) < 4.78 is 18.9. The smallest absolute Gasteiger partial charge is 0.254 e. The van der Waals surface area contributed by atoms with Crippen LogP contribution in [0.1, 0.15) is 33.4 Å². The number of H-pyrrole nitrogens is 1. The molecular formula is C27H23ClFN3O3. The van der Waals surface area contributed by atoms with E-state index in [2.05, 4.69) is 10.3 Å². The van der Waals surface area contributed by atoms with Gasteiger partial charge >= 0.3 is 0 Å². The van der Waals surface area contributed by atoms with Crippen molar-refractivity contribution in [3.63, 3.8) is 0 Å². The molecule has 0 fully saturated rings. The fraction of sp³-hybridized carbons (Fsp3) is 0.185. The number of amides is 2. The number of rotatable bonds is 6. The Morgan fingerprint density at radius 3 is 2.69 bits per heavy atom. The number of hydrogen-bond acceptors (Lipinski definition) is 3. The summed E-state index contributed by atoms with van der Waals surface area (Å²) >= 11 is 6.21. The van der Waals surface area contributed by atoms with Crippen molar-refractivity contribution in [3.05, 3.63) is 100 Å². The van der Waals surface area contributed by atoms with Crippen molar-refractivity contribution in [2.24, 2.45) is 0 Å². The van der Waals surface area contributed by atoms with Gasteiger partial charge in [0.1, 0.15) is 5.82 Å². The number of para-hydroxylation sites is 1. The molecule has 2 N–H and O–H groups in total. The zero-order chi connectivity index (χ0) is 24.5. The van der Waals surface area contributed by atoms with E-state index in [9.17, 15) is 14.0 Å². The number of hydrogen-bond donors (Lipinski definition) is 2. The number of nitrogens with one attached hydrogen (secondary N) is 2. The summed E-state index contributed by atoms with van der Waals surface area (Å²) in [6, 6.07) is 18.1. The number of aromatic nitrogens is 1. The maximum absolute atomic E-state index is 13.9. The summed E-state index contributed by atoms with van der Waals surface area (Å²) in [5, 5.41) is 3.88. The lowest BCUT2D eigenvalue weighted by atomic mass is 9.79. The second-order valence-corrected chi connectivity index (χ2v) is 8.81. The van der Waals surface area contributed by atoms with E-state index in [0.717, 1.165) is 22.5 Å². The second-order valence-electron chi connectivity index (χ2n) is 8.40.